The van der Waals surface area contributed by atoms with Gasteiger partial charge in [-0.05, 0) is 44.7 Å². The standard InChI is InChI=1S/C20H25N5O2/c1-2-27-20-14(6-4-9-21-20)5-3-7-15-11-17(24-16-8-10-26-13-16)19-18(23-15)12-22-25-19/h4,6,9,11-12,16H,2-3,5,7-8,10,13H2,1H3,(H,22,25)(H,23,24). The van der Waals surface area contributed by atoms with E-state index in [2.05, 4.69) is 32.6 Å². The molecule has 7 nitrogen and oxygen atoms in total. The van der Waals surface area contributed by atoms with Crippen LogP contribution >= 0.6 is 0 Å². The molecule has 0 saturated carbocycles. The van der Waals surface area contributed by atoms with Crippen molar-refractivity contribution in [1.82, 2.24) is 20.2 Å². The summed E-state index contributed by atoms with van der Waals surface area (Å²) in [5.74, 6) is 0.738. The van der Waals surface area contributed by atoms with E-state index in [-0.39, 0.29) is 0 Å². The van der Waals surface area contributed by atoms with Crippen molar-refractivity contribution in [2.75, 3.05) is 25.1 Å². The summed E-state index contributed by atoms with van der Waals surface area (Å²) in [5.41, 5.74) is 5.11. The van der Waals surface area contributed by atoms with Crippen LogP contribution in [0.4, 0.5) is 5.69 Å². The highest BCUT2D eigenvalue weighted by Gasteiger charge is 2.17. The molecule has 7 heteroatoms. The third kappa shape index (κ3) is 4.19. The highest BCUT2D eigenvalue weighted by molar-refractivity contribution is 5.87. The zero-order valence-corrected chi connectivity index (χ0v) is 15.6. The number of fused-ring (bicyclic) bond motifs is 1. The summed E-state index contributed by atoms with van der Waals surface area (Å²) >= 11 is 0. The van der Waals surface area contributed by atoms with Crippen LogP contribution in [0, 0.1) is 0 Å². The maximum Gasteiger partial charge on any atom is 0.216 e. The Kier molecular flexibility index (Phi) is 5.48. The number of hydrogen-bond donors (Lipinski definition) is 2. The second kappa shape index (κ2) is 8.35. The number of rotatable bonds is 8. The average molecular weight is 367 g/mol. The maximum absolute atomic E-state index is 5.62. The van der Waals surface area contributed by atoms with Gasteiger partial charge >= 0.3 is 0 Å². The SMILES string of the molecule is CCOc1ncccc1CCCc1cc(NC2CCOC2)c2[nH]ncc2n1. The van der Waals surface area contributed by atoms with E-state index < -0.39 is 0 Å². The number of aromatic amines is 1. The van der Waals surface area contributed by atoms with Crippen molar-refractivity contribution in [3.05, 3.63) is 41.9 Å². The van der Waals surface area contributed by atoms with Crippen molar-refractivity contribution in [2.24, 2.45) is 0 Å². The van der Waals surface area contributed by atoms with Crippen molar-refractivity contribution in [1.29, 1.82) is 0 Å². The zero-order chi connectivity index (χ0) is 18.5. The molecule has 0 amide bonds. The van der Waals surface area contributed by atoms with Crippen LogP contribution in [0.3, 0.4) is 0 Å². The van der Waals surface area contributed by atoms with Crippen molar-refractivity contribution in [3.63, 3.8) is 0 Å². The number of anilines is 1. The first kappa shape index (κ1) is 17.7. The van der Waals surface area contributed by atoms with Crippen molar-refractivity contribution < 1.29 is 9.47 Å². The third-order valence-electron chi connectivity index (χ3n) is 4.76. The molecule has 0 aromatic carbocycles. The Morgan fingerprint density at radius 3 is 3.19 bits per heavy atom. The van der Waals surface area contributed by atoms with Crippen LogP contribution in [0.15, 0.2) is 30.6 Å². The molecule has 1 aliphatic rings. The minimum absolute atomic E-state index is 0.343. The van der Waals surface area contributed by atoms with Crippen LogP contribution < -0.4 is 10.1 Å². The summed E-state index contributed by atoms with van der Waals surface area (Å²) in [7, 11) is 0. The van der Waals surface area contributed by atoms with E-state index in [9.17, 15) is 0 Å². The summed E-state index contributed by atoms with van der Waals surface area (Å²) < 4.78 is 11.1. The quantitative estimate of drug-likeness (QED) is 0.636. The van der Waals surface area contributed by atoms with Crippen LogP contribution in [0.2, 0.25) is 0 Å². The first-order valence-corrected chi connectivity index (χ1v) is 9.57. The predicted molar refractivity (Wildman–Crippen MR) is 104 cm³/mol. The molecule has 4 rings (SSSR count). The lowest BCUT2D eigenvalue weighted by Crippen LogP contribution is -2.19. The molecule has 3 aromatic heterocycles. The van der Waals surface area contributed by atoms with E-state index in [0.717, 1.165) is 72.8 Å². The van der Waals surface area contributed by atoms with Gasteiger partial charge in [-0.1, -0.05) is 6.07 Å². The number of aromatic nitrogens is 4. The van der Waals surface area contributed by atoms with E-state index in [1.165, 1.54) is 0 Å². The lowest BCUT2D eigenvalue weighted by atomic mass is 10.1. The van der Waals surface area contributed by atoms with Gasteiger partial charge < -0.3 is 14.8 Å². The molecule has 1 unspecified atom stereocenters. The lowest BCUT2D eigenvalue weighted by molar-refractivity contribution is 0.195. The molecule has 4 heterocycles. The van der Waals surface area contributed by atoms with Gasteiger partial charge in [-0.2, -0.15) is 5.10 Å². The first-order valence-electron chi connectivity index (χ1n) is 9.57. The van der Waals surface area contributed by atoms with Crippen molar-refractivity contribution in [2.45, 2.75) is 38.6 Å². The van der Waals surface area contributed by atoms with Gasteiger partial charge in [-0.15, -0.1) is 0 Å². The van der Waals surface area contributed by atoms with Gasteiger partial charge in [0.1, 0.15) is 11.0 Å². The molecule has 0 bridgehead atoms. The van der Waals surface area contributed by atoms with Gasteiger partial charge in [0.15, 0.2) is 0 Å². The third-order valence-corrected chi connectivity index (χ3v) is 4.76. The van der Waals surface area contributed by atoms with Gasteiger partial charge in [0.25, 0.3) is 0 Å². The minimum Gasteiger partial charge on any atom is -0.478 e. The molecule has 142 valence electrons. The van der Waals surface area contributed by atoms with E-state index in [1.807, 2.05) is 13.0 Å². The molecular formula is C20H25N5O2. The summed E-state index contributed by atoms with van der Waals surface area (Å²) in [4.78, 5) is 9.08. The van der Waals surface area contributed by atoms with Crippen LogP contribution in [0.1, 0.15) is 31.0 Å². The molecule has 0 spiro atoms. The Balaban J connectivity index is 1.46. The fraction of sp³-hybridized carbons (Fsp3) is 0.450. The van der Waals surface area contributed by atoms with Crippen molar-refractivity contribution >= 4 is 16.7 Å². The minimum atomic E-state index is 0.343. The molecule has 0 radical (unpaired) electrons. The average Bonchev–Trinajstić information content (AvgIpc) is 3.35. The number of H-pyrrole nitrogens is 1. The highest BCUT2D eigenvalue weighted by Crippen LogP contribution is 2.24. The first-order chi connectivity index (χ1) is 13.3. The smallest absolute Gasteiger partial charge is 0.216 e. The molecule has 27 heavy (non-hydrogen) atoms. The maximum atomic E-state index is 5.62. The summed E-state index contributed by atoms with van der Waals surface area (Å²) in [6, 6.07) is 6.51. The molecule has 1 fully saturated rings. The fourth-order valence-corrected chi connectivity index (χ4v) is 3.44. The second-order valence-corrected chi connectivity index (χ2v) is 6.75. The number of nitrogens with one attached hydrogen (secondary N) is 2. The zero-order valence-electron chi connectivity index (χ0n) is 15.6. The summed E-state index contributed by atoms with van der Waals surface area (Å²) in [5, 5.41) is 10.8. The van der Waals surface area contributed by atoms with Crippen molar-refractivity contribution in [3.8, 4) is 5.88 Å². The van der Waals surface area contributed by atoms with Gasteiger partial charge in [-0.25, -0.2) is 9.97 Å². The summed E-state index contributed by atoms with van der Waals surface area (Å²) in [6.45, 7) is 4.17. The Morgan fingerprint density at radius 2 is 2.33 bits per heavy atom. The Morgan fingerprint density at radius 1 is 1.37 bits per heavy atom. The highest BCUT2D eigenvalue weighted by atomic mass is 16.5. The topological polar surface area (TPSA) is 85.0 Å². The number of pyridine rings is 2. The van der Waals surface area contributed by atoms with Gasteiger partial charge in [0.05, 0.1) is 31.1 Å². The monoisotopic (exact) mass is 367 g/mol. The van der Waals surface area contributed by atoms with E-state index in [4.69, 9.17) is 14.5 Å². The second-order valence-electron chi connectivity index (χ2n) is 6.75. The number of ether oxygens (including phenoxy) is 2. The number of aryl methyl sites for hydroxylation is 2. The normalized spacial score (nSPS) is 16.7. The van der Waals surface area contributed by atoms with Gasteiger partial charge in [0.2, 0.25) is 5.88 Å². The van der Waals surface area contributed by atoms with Gasteiger partial charge in [0, 0.05) is 24.1 Å². The lowest BCUT2D eigenvalue weighted by Gasteiger charge is -2.14. The summed E-state index contributed by atoms with van der Waals surface area (Å²) in [6.07, 6.45) is 7.35. The Bertz CT molecular complexity index is 889. The van der Waals surface area contributed by atoms with Crippen LogP contribution in [0.25, 0.3) is 11.0 Å². The molecule has 3 aromatic rings. The van der Waals surface area contributed by atoms with Crippen LogP contribution in [-0.4, -0.2) is 46.0 Å². The number of hydrogen-bond acceptors (Lipinski definition) is 6. The van der Waals surface area contributed by atoms with Gasteiger partial charge in [-0.3, -0.25) is 5.10 Å². The molecule has 1 atom stereocenters. The number of nitrogens with zero attached hydrogens (tertiary/aromatic N) is 3. The van der Waals surface area contributed by atoms with Crippen LogP contribution in [-0.2, 0) is 17.6 Å². The molecule has 1 aliphatic heterocycles. The Labute approximate surface area is 158 Å². The van der Waals surface area contributed by atoms with E-state index in [0.29, 0.717) is 12.6 Å². The molecular weight excluding hydrogens is 342 g/mol. The van der Waals surface area contributed by atoms with Crippen LogP contribution in [0.5, 0.6) is 5.88 Å². The predicted octanol–water partition coefficient (Wildman–Crippen LogP) is 3.13. The Hall–Kier alpha value is -2.67. The molecule has 0 aliphatic carbocycles. The van der Waals surface area contributed by atoms with E-state index >= 15 is 0 Å². The molecule has 2 N–H and O–H groups in total. The largest absolute Gasteiger partial charge is 0.478 e. The fourth-order valence-electron chi connectivity index (χ4n) is 3.44. The molecule has 1 saturated heterocycles. The van der Waals surface area contributed by atoms with E-state index in [1.54, 1.807) is 12.4 Å².